The number of phenols is 1. The molecule has 0 saturated heterocycles. The lowest BCUT2D eigenvalue weighted by atomic mass is 10.1. The van der Waals surface area contributed by atoms with Gasteiger partial charge in [-0.25, -0.2) is 0 Å². The lowest BCUT2D eigenvalue weighted by Gasteiger charge is -2.05. The van der Waals surface area contributed by atoms with E-state index in [1.807, 2.05) is 0 Å². The average Bonchev–Trinajstić information content (AvgIpc) is 2.41. The molecule has 0 aliphatic heterocycles. The highest BCUT2D eigenvalue weighted by Gasteiger charge is 2.14. The largest absolute Gasteiger partial charge is 0.508 e. The molecular weight excluding hydrogens is 296 g/mol. The monoisotopic (exact) mass is 314 g/mol. The number of carboxylic acid groups (broad SMARTS) is 3. The van der Waals surface area contributed by atoms with Gasteiger partial charge in [0.15, 0.2) is 0 Å². The normalized spacial score (nSPS) is 12.5. The SMILES string of the molecule is N[C@@H](CC(=O)O)C(=O)O.N[C@@H](Cc1ccc(O)cc1)C(=O)O. The zero-order valence-electron chi connectivity index (χ0n) is 11.5. The van der Waals surface area contributed by atoms with Gasteiger partial charge in [0.05, 0.1) is 6.42 Å². The van der Waals surface area contributed by atoms with Crippen LogP contribution in [0.5, 0.6) is 5.75 Å². The topological polar surface area (TPSA) is 184 Å². The van der Waals surface area contributed by atoms with Crippen molar-refractivity contribution in [2.24, 2.45) is 11.5 Å². The molecule has 1 aromatic rings. The third-order valence-electron chi connectivity index (χ3n) is 2.42. The molecule has 0 unspecified atom stereocenters. The van der Waals surface area contributed by atoms with Gasteiger partial charge in [-0.1, -0.05) is 12.1 Å². The van der Waals surface area contributed by atoms with Gasteiger partial charge in [-0.3, -0.25) is 14.4 Å². The highest BCUT2D eigenvalue weighted by Crippen LogP contribution is 2.10. The van der Waals surface area contributed by atoms with Crippen molar-refractivity contribution in [2.45, 2.75) is 24.9 Å². The summed E-state index contributed by atoms with van der Waals surface area (Å²) in [5.74, 6) is -3.36. The summed E-state index contributed by atoms with van der Waals surface area (Å²) in [6, 6.07) is 4.14. The van der Waals surface area contributed by atoms with Gasteiger partial charge in [0.1, 0.15) is 17.8 Å². The van der Waals surface area contributed by atoms with Gasteiger partial charge in [0.2, 0.25) is 0 Å². The van der Waals surface area contributed by atoms with Crippen LogP contribution < -0.4 is 11.5 Å². The molecule has 0 radical (unpaired) electrons. The number of hydrogen-bond donors (Lipinski definition) is 6. The number of aliphatic carboxylic acids is 3. The van der Waals surface area contributed by atoms with Gasteiger partial charge in [-0.15, -0.1) is 0 Å². The number of carbonyl (C=O) groups is 3. The van der Waals surface area contributed by atoms with Crippen LogP contribution in [0, 0.1) is 0 Å². The van der Waals surface area contributed by atoms with Crippen LogP contribution in [0.1, 0.15) is 12.0 Å². The fourth-order valence-electron chi connectivity index (χ4n) is 1.25. The first-order chi connectivity index (χ1) is 10.1. The molecule has 8 N–H and O–H groups in total. The van der Waals surface area contributed by atoms with Crippen molar-refractivity contribution in [3.8, 4) is 5.75 Å². The van der Waals surface area contributed by atoms with E-state index < -0.39 is 36.4 Å². The first-order valence-electron chi connectivity index (χ1n) is 6.10. The molecular formula is C13H18N2O7. The second kappa shape index (κ2) is 9.32. The molecule has 122 valence electrons. The number of nitrogens with two attached hydrogens (primary N) is 2. The van der Waals surface area contributed by atoms with E-state index in [-0.39, 0.29) is 12.2 Å². The molecule has 9 heteroatoms. The molecule has 22 heavy (non-hydrogen) atoms. The molecule has 0 aliphatic rings. The predicted octanol–water partition coefficient (Wildman–Crippen LogP) is -0.780. The van der Waals surface area contributed by atoms with E-state index in [1.165, 1.54) is 12.1 Å². The smallest absolute Gasteiger partial charge is 0.321 e. The van der Waals surface area contributed by atoms with Gasteiger partial charge in [-0.2, -0.15) is 0 Å². The van der Waals surface area contributed by atoms with Crippen molar-refractivity contribution in [3.63, 3.8) is 0 Å². The Balaban J connectivity index is 0.000000433. The Bertz CT molecular complexity index is 516. The molecule has 9 nitrogen and oxygen atoms in total. The van der Waals surface area contributed by atoms with Crippen LogP contribution in [0.2, 0.25) is 0 Å². The minimum atomic E-state index is -1.29. The lowest BCUT2D eigenvalue weighted by molar-refractivity contribution is -0.144. The summed E-state index contributed by atoms with van der Waals surface area (Å²) >= 11 is 0. The summed E-state index contributed by atoms with van der Waals surface area (Å²) in [6.45, 7) is 0. The van der Waals surface area contributed by atoms with Crippen LogP contribution in [0.25, 0.3) is 0 Å². The molecule has 0 bridgehead atoms. The first-order valence-corrected chi connectivity index (χ1v) is 6.10. The standard InChI is InChI=1S/C9H11NO3.C4H7NO4/c10-8(9(12)13)5-6-1-3-7(11)4-2-6;5-2(4(8)9)1-3(6)7/h1-4,8,11H,5,10H2,(H,12,13);2H,1,5H2,(H,6,7)(H,8,9)/t8-;2-/m00/s1. The van der Waals surface area contributed by atoms with Crippen LogP contribution in [0.15, 0.2) is 24.3 Å². The maximum absolute atomic E-state index is 10.4. The van der Waals surface area contributed by atoms with Gasteiger partial charge in [0.25, 0.3) is 0 Å². The summed E-state index contributed by atoms with van der Waals surface area (Å²) < 4.78 is 0. The highest BCUT2D eigenvalue weighted by molar-refractivity contribution is 5.80. The number of carboxylic acids is 3. The number of rotatable bonds is 6. The van der Waals surface area contributed by atoms with E-state index in [4.69, 9.17) is 31.9 Å². The van der Waals surface area contributed by atoms with Gasteiger partial charge < -0.3 is 31.9 Å². The molecule has 1 aromatic carbocycles. The molecule has 0 spiro atoms. The van der Waals surface area contributed by atoms with Gasteiger partial charge in [-0.05, 0) is 24.1 Å². The Hall–Kier alpha value is -2.65. The van der Waals surface area contributed by atoms with Crippen LogP contribution in [0.4, 0.5) is 0 Å². The fourth-order valence-corrected chi connectivity index (χ4v) is 1.25. The van der Waals surface area contributed by atoms with Crippen LogP contribution in [0.3, 0.4) is 0 Å². The van der Waals surface area contributed by atoms with Crippen molar-refractivity contribution in [3.05, 3.63) is 29.8 Å². The highest BCUT2D eigenvalue weighted by atomic mass is 16.4. The van der Waals surface area contributed by atoms with E-state index in [2.05, 4.69) is 0 Å². The van der Waals surface area contributed by atoms with E-state index in [9.17, 15) is 14.4 Å². The third kappa shape index (κ3) is 8.51. The summed E-state index contributed by atoms with van der Waals surface area (Å²) in [5, 5.41) is 33.5. The zero-order chi connectivity index (χ0) is 17.3. The maximum atomic E-state index is 10.4. The average molecular weight is 314 g/mol. The van der Waals surface area contributed by atoms with Crippen molar-refractivity contribution in [1.82, 2.24) is 0 Å². The molecule has 0 aromatic heterocycles. The zero-order valence-corrected chi connectivity index (χ0v) is 11.5. The fraction of sp³-hybridized carbons (Fsp3) is 0.308. The number of phenolic OH excluding ortho intramolecular Hbond substituents is 1. The Labute approximate surface area is 125 Å². The molecule has 2 atom stereocenters. The van der Waals surface area contributed by atoms with E-state index >= 15 is 0 Å². The molecule has 1 rings (SSSR count). The Morgan fingerprint density at radius 1 is 0.909 bits per heavy atom. The summed E-state index contributed by atoms with van der Waals surface area (Å²) in [5.41, 5.74) is 11.0. The third-order valence-corrected chi connectivity index (χ3v) is 2.42. The van der Waals surface area contributed by atoms with Crippen molar-refractivity contribution < 1.29 is 34.8 Å². The minimum Gasteiger partial charge on any atom is -0.508 e. The summed E-state index contributed by atoms with van der Waals surface area (Å²) in [6.07, 6.45) is -0.259. The second-order valence-corrected chi connectivity index (χ2v) is 4.36. The molecule has 0 heterocycles. The molecule has 0 fully saturated rings. The molecule has 0 aliphatic carbocycles. The van der Waals surface area contributed by atoms with E-state index in [0.29, 0.717) is 0 Å². The predicted molar refractivity (Wildman–Crippen MR) is 75.3 cm³/mol. The quantitative estimate of drug-likeness (QED) is 0.392. The summed E-state index contributed by atoms with van der Waals surface area (Å²) in [4.78, 5) is 30.0. The van der Waals surface area contributed by atoms with Crippen molar-refractivity contribution >= 4 is 17.9 Å². The Morgan fingerprint density at radius 3 is 1.68 bits per heavy atom. The van der Waals surface area contributed by atoms with Crippen LogP contribution in [-0.4, -0.2) is 50.4 Å². The van der Waals surface area contributed by atoms with E-state index in [0.717, 1.165) is 5.56 Å². The van der Waals surface area contributed by atoms with Crippen molar-refractivity contribution in [1.29, 1.82) is 0 Å². The number of aromatic hydroxyl groups is 1. The van der Waals surface area contributed by atoms with Crippen LogP contribution in [-0.2, 0) is 20.8 Å². The number of hydrogen-bond acceptors (Lipinski definition) is 6. The molecule has 0 amide bonds. The maximum Gasteiger partial charge on any atom is 0.321 e. The van der Waals surface area contributed by atoms with E-state index in [1.54, 1.807) is 12.1 Å². The van der Waals surface area contributed by atoms with Gasteiger partial charge in [0, 0.05) is 0 Å². The van der Waals surface area contributed by atoms with Crippen LogP contribution >= 0.6 is 0 Å². The first kappa shape index (κ1) is 19.4. The second-order valence-electron chi connectivity index (χ2n) is 4.36. The number of benzene rings is 1. The molecule has 0 saturated carbocycles. The Kier molecular flexibility index (Phi) is 8.19. The van der Waals surface area contributed by atoms with Gasteiger partial charge >= 0.3 is 17.9 Å². The van der Waals surface area contributed by atoms with Crippen molar-refractivity contribution in [2.75, 3.05) is 0 Å². The summed E-state index contributed by atoms with van der Waals surface area (Å²) in [7, 11) is 0. The lowest BCUT2D eigenvalue weighted by Crippen LogP contribution is -2.32. The Morgan fingerprint density at radius 2 is 1.36 bits per heavy atom. The minimum absolute atomic E-state index is 0.160.